The van der Waals surface area contributed by atoms with Crippen molar-refractivity contribution >= 4 is 17.8 Å². The molecule has 3 N–H and O–H groups in total. The maximum Gasteiger partial charge on any atom is 0.211 e. The first-order valence-corrected chi connectivity index (χ1v) is 5.60. The topological polar surface area (TPSA) is 58.4 Å². The minimum Gasteiger partial charge on any atom is -0.399 e. The lowest BCUT2D eigenvalue weighted by Gasteiger charge is -2.15. The summed E-state index contributed by atoms with van der Waals surface area (Å²) in [5.41, 5.74) is 8.41. The molecule has 16 heavy (non-hydrogen) atoms. The zero-order chi connectivity index (χ0) is 11.4. The molecule has 1 saturated heterocycles. The predicted molar refractivity (Wildman–Crippen MR) is 65.1 cm³/mol. The quantitative estimate of drug-likeness (QED) is 0.595. The molecule has 1 amide bonds. The number of rotatable bonds is 4. The summed E-state index contributed by atoms with van der Waals surface area (Å²) in [6, 6.07) is 5.71. The fourth-order valence-corrected chi connectivity index (χ4v) is 2.16. The van der Waals surface area contributed by atoms with Gasteiger partial charge in [0.25, 0.3) is 0 Å². The monoisotopic (exact) mass is 219 g/mol. The Kier molecular flexibility index (Phi) is 3.41. The van der Waals surface area contributed by atoms with Crippen molar-refractivity contribution in [3.8, 4) is 0 Å². The fraction of sp³-hybridized carbons (Fsp3) is 0.417. The molecule has 1 aromatic carbocycles. The number of nitrogens with one attached hydrogen (secondary N) is 1. The van der Waals surface area contributed by atoms with E-state index in [0.717, 1.165) is 30.9 Å². The number of hydrogen-bond donors (Lipinski definition) is 2. The van der Waals surface area contributed by atoms with Crippen molar-refractivity contribution in [2.75, 3.05) is 24.1 Å². The van der Waals surface area contributed by atoms with Gasteiger partial charge < -0.3 is 11.1 Å². The van der Waals surface area contributed by atoms with Gasteiger partial charge in [-0.25, -0.2) is 0 Å². The number of likely N-dealkylation sites (tertiary alicyclic amines) is 1. The third kappa shape index (κ3) is 2.73. The molecule has 0 aliphatic carbocycles. The van der Waals surface area contributed by atoms with Gasteiger partial charge in [-0.2, -0.15) is 0 Å². The highest BCUT2D eigenvalue weighted by molar-refractivity contribution is 5.73. The molecule has 1 aliphatic rings. The van der Waals surface area contributed by atoms with E-state index in [1.54, 1.807) is 6.07 Å². The van der Waals surface area contributed by atoms with E-state index in [1.807, 2.05) is 12.1 Å². The Bertz CT molecular complexity index is 373. The van der Waals surface area contributed by atoms with Gasteiger partial charge in [0.05, 0.1) is 0 Å². The third-order valence-corrected chi connectivity index (χ3v) is 2.85. The Morgan fingerprint density at radius 3 is 2.75 bits per heavy atom. The molecular weight excluding hydrogens is 202 g/mol. The van der Waals surface area contributed by atoms with Crippen LogP contribution in [0.4, 0.5) is 11.4 Å². The number of hydrogen-bond acceptors (Lipinski definition) is 3. The second-order valence-electron chi connectivity index (χ2n) is 4.21. The highest BCUT2D eigenvalue weighted by Crippen LogP contribution is 2.19. The molecule has 0 radical (unpaired) electrons. The normalized spacial score (nSPS) is 16.2. The van der Waals surface area contributed by atoms with Crippen molar-refractivity contribution < 1.29 is 4.79 Å². The SMILES string of the molecule is Nc1cc(CN2CCCC2)cc(NC=O)c1. The minimum absolute atomic E-state index is 0.675. The highest BCUT2D eigenvalue weighted by atomic mass is 16.1. The molecule has 4 nitrogen and oxygen atoms in total. The second kappa shape index (κ2) is 4.99. The van der Waals surface area contributed by atoms with Gasteiger partial charge in [-0.1, -0.05) is 0 Å². The molecule has 0 atom stereocenters. The van der Waals surface area contributed by atoms with Crippen LogP contribution in [0.25, 0.3) is 0 Å². The van der Waals surface area contributed by atoms with Crippen LogP contribution in [0, 0.1) is 0 Å². The zero-order valence-corrected chi connectivity index (χ0v) is 9.28. The van der Waals surface area contributed by atoms with Crippen LogP contribution >= 0.6 is 0 Å². The maximum atomic E-state index is 10.4. The van der Waals surface area contributed by atoms with Crippen molar-refractivity contribution in [3.63, 3.8) is 0 Å². The summed E-state index contributed by atoms with van der Waals surface area (Å²) in [4.78, 5) is 12.8. The Hall–Kier alpha value is -1.55. The molecule has 1 aliphatic heterocycles. The molecule has 0 aromatic heterocycles. The Morgan fingerprint density at radius 1 is 1.31 bits per heavy atom. The predicted octanol–water partition coefficient (Wildman–Crippen LogP) is 1.43. The lowest BCUT2D eigenvalue weighted by molar-refractivity contribution is -0.105. The van der Waals surface area contributed by atoms with E-state index >= 15 is 0 Å². The van der Waals surface area contributed by atoms with Gasteiger partial charge in [0.2, 0.25) is 6.41 Å². The Labute approximate surface area is 95.4 Å². The molecule has 1 fully saturated rings. The maximum absolute atomic E-state index is 10.4. The van der Waals surface area contributed by atoms with E-state index in [4.69, 9.17) is 5.73 Å². The van der Waals surface area contributed by atoms with Crippen molar-refractivity contribution in [2.45, 2.75) is 19.4 Å². The zero-order valence-electron chi connectivity index (χ0n) is 9.28. The summed E-state index contributed by atoms with van der Waals surface area (Å²) in [7, 11) is 0. The number of carbonyl (C=O) groups excluding carboxylic acids is 1. The molecule has 86 valence electrons. The van der Waals surface area contributed by atoms with Gasteiger partial charge in [0.1, 0.15) is 0 Å². The number of benzene rings is 1. The van der Waals surface area contributed by atoms with E-state index in [0.29, 0.717) is 12.1 Å². The van der Waals surface area contributed by atoms with Crippen LogP contribution in [0.3, 0.4) is 0 Å². The minimum atomic E-state index is 0.675. The van der Waals surface area contributed by atoms with Crippen LogP contribution in [0.15, 0.2) is 18.2 Å². The lowest BCUT2D eigenvalue weighted by atomic mass is 10.1. The number of amides is 1. The van der Waals surface area contributed by atoms with Crippen molar-refractivity contribution in [3.05, 3.63) is 23.8 Å². The second-order valence-corrected chi connectivity index (χ2v) is 4.21. The number of carbonyl (C=O) groups is 1. The molecule has 2 rings (SSSR count). The molecule has 1 heterocycles. The molecule has 0 bridgehead atoms. The first-order valence-electron chi connectivity index (χ1n) is 5.60. The van der Waals surface area contributed by atoms with Crippen LogP contribution in [0.1, 0.15) is 18.4 Å². The number of nitrogens with two attached hydrogens (primary N) is 1. The molecule has 1 aromatic rings. The summed E-state index contributed by atoms with van der Waals surface area (Å²) in [5.74, 6) is 0. The van der Waals surface area contributed by atoms with Gasteiger partial charge in [-0.3, -0.25) is 9.69 Å². The largest absolute Gasteiger partial charge is 0.399 e. The smallest absolute Gasteiger partial charge is 0.211 e. The van der Waals surface area contributed by atoms with Gasteiger partial charge >= 0.3 is 0 Å². The Balaban J connectivity index is 2.09. The van der Waals surface area contributed by atoms with E-state index < -0.39 is 0 Å². The summed E-state index contributed by atoms with van der Waals surface area (Å²) >= 11 is 0. The average Bonchev–Trinajstić information content (AvgIpc) is 2.70. The van der Waals surface area contributed by atoms with Gasteiger partial charge in [-0.05, 0) is 49.7 Å². The summed E-state index contributed by atoms with van der Waals surface area (Å²) in [5, 5.41) is 2.63. The number of nitrogens with zero attached hydrogens (tertiary/aromatic N) is 1. The summed E-state index contributed by atoms with van der Waals surface area (Å²) < 4.78 is 0. The first-order chi connectivity index (χ1) is 7.78. The average molecular weight is 219 g/mol. The molecular formula is C12H17N3O. The summed E-state index contributed by atoms with van der Waals surface area (Å²) in [6.45, 7) is 3.23. The third-order valence-electron chi connectivity index (χ3n) is 2.85. The van der Waals surface area contributed by atoms with Gasteiger partial charge in [0, 0.05) is 17.9 Å². The van der Waals surface area contributed by atoms with E-state index in [-0.39, 0.29) is 0 Å². The standard InChI is InChI=1S/C12H17N3O/c13-11-5-10(6-12(7-11)14-9-16)8-15-3-1-2-4-15/h5-7,9H,1-4,8,13H2,(H,14,16). The van der Waals surface area contributed by atoms with E-state index in [2.05, 4.69) is 10.2 Å². The van der Waals surface area contributed by atoms with Crippen molar-refractivity contribution in [2.24, 2.45) is 0 Å². The molecule has 0 saturated carbocycles. The highest BCUT2D eigenvalue weighted by Gasteiger charge is 2.12. The van der Waals surface area contributed by atoms with E-state index in [1.165, 1.54) is 12.8 Å². The number of nitrogen functional groups attached to an aromatic ring is 1. The van der Waals surface area contributed by atoms with Crippen molar-refractivity contribution in [1.29, 1.82) is 0 Å². The van der Waals surface area contributed by atoms with Crippen LogP contribution < -0.4 is 11.1 Å². The van der Waals surface area contributed by atoms with Crippen LogP contribution in [-0.4, -0.2) is 24.4 Å². The molecule has 0 spiro atoms. The molecule has 4 heteroatoms. The van der Waals surface area contributed by atoms with Crippen LogP contribution in [-0.2, 0) is 11.3 Å². The molecule has 0 unspecified atom stereocenters. The van der Waals surface area contributed by atoms with Gasteiger partial charge in [0.15, 0.2) is 0 Å². The summed E-state index contributed by atoms with van der Waals surface area (Å²) in [6.07, 6.45) is 3.23. The van der Waals surface area contributed by atoms with Crippen LogP contribution in [0.2, 0.25) is 0 Å². The van der Waals surface area contributed by atoms with Gasteiger partial charge in [-0.15, -0.1) is 0 Å². The van der Waals surface area contributed by atoms with Crippen LogP contribution in [0.5, 0.6) is 0 Å². The van der Waals surface area contributed by atoms with E-state index in [9.17, 15) is 4.79 Å². The van der Waals surface area contributed by atoms with Crippen molar-refractivity contribution in [1.82, 2.24) is 4.90 Å². The first kappa shape index (κ1) is 11.0. The number of anilines is 2. The Morgan fingerprint density at radius 2 is 2.06 bits per heavy atom. The fourth-order valence-electron chi connectivity index (χ4n) is 2.16. The lowest BCUT2D eigenvalue weighted by Crippen LogP contribution is -2.18.